The molecule has 4 rings (SSSR count). The third kappa shape index (κ3) is 3.15. The van der Waals surface area contributed by atoms with E-state index in [0.717, 1.165) is 34.2 Å². The molecule has 0 aliphatic heterocycles. The van der Waals surface area contributed by atoms with Gasteiger partial charge in [-0.25, -0.2) is 9.67 Å². The molecule has 1 aliphatic rings. The molecule has 1 fully saturated rings. The number of hydrogen-bond acceptors (Lipinski definition) is 5. The molecule has 1 atom stereocenters. The van der Waals surface area contributed by atoms with Gasteiger partial charge in [-0.3, -0.25) is 0 Å². The minimum absolute atomic E-state index is 0.345. The van der Waals surface area contributed by atoms with E-state index in [9.17, 15) is 0 Å². The summed E-state index contributed by atoms with van der Waals surface area (Å²) >= 11 is 0. The van der Waals surface area contributed by atoms with Gasteiger partial charge >= 0.3 is 0 Å². The third-order valence-electron chi connectivity index (χ3n) is 6.11. The Morgan fingerprint density at radius 1 is 1.11 bits per heavy atom. The summed E-state index contributed by atoms with van der Waals surface area (Å²) in [5.41, 5.74) is 2.89. The van der Waals surface area contributed by atoms with Crippen molar-refractivity contribution in [1.29, 1.82) is 0 Å². The number of nitrogens with zero attached hydrogens (tertiary/aromatic N) is 3. The first-order chi connectivity index (χ1) is 13.7. The molecule has 0 amide bonds. The van der Waals surface area contributed by atoms with E-state index in [1.165, 1.54) is 32.1 Å². The summed E-state index contributed by atoms with van der Waals surface area (Å²) in [6, 6.07) is 4.30. The van der Waals surface area contributed by atoms with Crippen LogP contribution in [-0.4, -0.2) is 35.5 Å². The molecule has 1 aliphatic carbocycles. The Morgan fingerprint density at radius 2 is 1.82 bits per heavy atom. The summed E-state index contributed by atoms with van der Waals surface area (Å²) < 4.78 is 13.1. The zero-order valence-corrected chi connectivity index (χ0v) is 17.3. The van der Waals surface area contributed by atoms with Gasteiger partial charge in [0.15, 0.2) is 17.1 Å². The second kappa shape index (κ2) is 7.86. The predicted molar refractivity (Wildman–Crippen MR) is 114 cm³/mol. The first kappa shape index (κ1) is 18.8. The van der Waals surface area contributed by atoms with E-state index in [1.54, 1.807) is 14.2 Å². The summed E-state index contributed by atoms with van der Waals surface area (Å²) in [6.07, 6.45) is 8.52. The van der Waals surface area contributed by atoms with Gasteiger partial charge < -0.3 is 14.8 Å². The lowest BCUT2D eigenvalue weighted by Crippen LogP contribution is -2.20. The van der Waals surface area contributed by atoms with Gasteiger partial charge in [0.1, 0.15) is 0 Å². The summed E-state index contributed by atoms with van der Waals surface area (Å²) in [7, 11) is 3.31. The Morgan fingerprint density at radius 3 is 2.50 bits per heavy atom. The lowest BCUT2D eigenvalue weighted by Gasteiger charge is -2.28. The van der Waals surface area contributed by atoms with Crippen LogP contribution in [0.3, 0.4) is 0 Å². The highest BCUT2D eigenvalue weighted by Gasteiger charge is 2.25. The van der Waals surface area contributed by atoms with Crippen molar-refractivity contribution in [2.75, 3.05) is 26.1 Å². The van der Waals surface area contributed by atoms with Crippen LogP contribution in [0.5, 0.6) is 11.5 Å². The third-order valence-corrected chi connectivity index (χ3v) is 6.11. The molecule has 6 nitrogen and oxygen atoms in total. The van der Waals surface area contributed by atoms with Gasteiger partial charge in [0.2, 0.25) is 0 Å². The van der Waals surface area contributed by atoms with E-state index < -0.39 is 0 Å². The zero-order valence-electron chi connectivity index (χ0n) is 17.3. The van der Waals surface area contributed by atoms with E-state index in [-0.39, 0.29) is 0 Å². The van der Waals surface area contributed by atoms with Crippen molar-refractivity contribution in [3.8, 4) is 11.5 Å². The number of methoxy groups -OCH3 is 2. The zero-order chi connectivity index (χ0) is 19.7. The minimum atomic E-state index is 0.345. The normalized spacial score (nSPS) is 16.4. The molecule has 0 bridgehead atoms. The molecule has 0 radical (unpaired) electrons. The number of anilines is 1. The van der Waals surface area contributed by atoms with Gasteiger partial charge in [0.05, 0.1) is 43.0 Å². The Bertz CT molecular complexity index is 976. The summed E-state index contributed by atoms with van der Waals surface area (Å²) in [5, 5.41) is 10.4. The van der Waals surface area contributed by atoms with Crippen LogP contribution >= 0.6 is 0 Å². The molecular formula is C22H30N4O2. The van der Waals surface area contributed by atoms with Crippen LogP contribution in [0.25, 0.3) is 21.9 Å². The van der Waals surface area contributed by atoms with Crippen molar-refractivity contribution in [3.63, 3.8) is 0 Å². The molecule has 1 saturated carbocycles. The summed E-state index contributed by atoms with van der Waals surface area (Å²) in [5.74, 6) is 2.07. The van der Waals surface area contributed by atoms with E-state index in [0.29, 0.717) is 23.5 Å². The Labute approximate surface area is 166 Å². The highest BCUT2D eigenvalue weighted by atomic mass is 16.5. The van der Waals surface area contributed by atoms with Crippen LogP contribution < -0.4 is 14.8 Å². The molecule has 2 aromatic heterocycles. The number of hydrogen-bond donors (Lipinski definition) is 1. The largest absolute Gasteiger partial charge is 0.493 e. The van der Waals surface area contributed by atoms with Crippen LogP contribution in [0.4, 0.5) is 5.69 Å². The molecule has 0 unspecified atom stereocenters. The van der Waals surface area contributed by atoms with E-state index in [4.69, 9.17) is 19.6 Å². The average Bonchev–Trinajstić information content (AvgIpc) is 3.16. The SMILES string of the molecule is CCNc1c2cc(OC)c(OC)cc2nc2c1cnn2[C@@H](C)C1CCCCC1. The van der Waals surface area contributed by atoms with Crippen LogP contribution in [0, 0.1) is 5.92 Å². The Balaban J connectivity index is 1.90. The molecular weight excluding hydrogens is 352 g/mol. The number of ether oxygens (including phenoxy) is 2. The second-order valence-electron chi connectivity index (χ2n) is 7.71. The Kier molecular flexibility index (Phi) is 5.29. The van der Waals surface area contributed by atoms with Gasteiger partial charge in [0.25, 0.3) is 0 Å². The maximum atomic E-state index is 5.51. The maximum absolute atomic E-state index is 5.51. The van der Waals surface area contributed by atoms with Gasteiger partial charge in [-0.1, -0.05) is 19.3 Å². The first-order valence-corrected chi connectivity index (χ1v) is 10.3. The number of pyridine rings is 1. The van der Waals surface area contributed by atoms with Gasteiger partial charge in [-0.15, -0.1) is 0 Å². The van der Waals surface area contributed by atoms with Crippen molar-refractivity contribution in [3.05, 3.63) is 18.3 Å². The fourth-order valence-corrected chi connectivity index (χ4v) is 4.55. The van der Waals surface area contributed by atoms with Crippen LogP contribution in [-0.2, 0) is 0 Å². The first-order valence-electron chi connectivity index (χ1n) is 10.3. The number of fused-ring (bicyclic) bond motifs is 2. The topological polar surface area (TPSA) is 61.2 Å². The van der Waals surface area contributed by atoms with E-state index >= 15 is 0 Å². The smallest absolute Gasteiger partial charge is 0.162 e. The number of nitrogens with one attached hydrogen (secondary N) is 1. The molecule has 2 heterocycles. The quantitative estimate of drug-likeness (QED) is 0.637. The van der Waals surface area contributed by atoms with Crippen molar-refractivity contribution >= 4 is 27.6 Å². The summed E-state index contributed by atoms with van der Waals surface area (Å²) in [6.45, 7) is 5.22. The lowest BCUT2D eigenvalue weighted by atomic mass is 9.84. The molecule has 3 aromatic rings. The van der Waals surface area contributed by atoms with Crippen molar-refractivity contribution in [2.45, 2.75) is 52.0 Å². The number of benzene rings is 1. The molecule has 28 heavy (non-hydrogen) atoms. The standard InChI is InChI=1S/C22H30N4O2/c1-5-23-21-16-11-19(27-3)20(28-4)12-18(16)25-22-17(21)13-24-26(22)14(2)15-9-7-6-8-10-15/h11-15H,5-10H2,1-4H3,(H,23,25)/t14-/m0/s1. The van der Waals surface area contributed by atoms with Crippen LogP contribution in [0.15, 0.2) is 18.3 Å². The van der Waals surface area contributed by atoms with E-state index in [2.05, 4.69) is 23.8 Å². The Hall–Kier alpha value is -2.50. The van der Waals surface area contributed by atoms with Crippen molar-refractivity contribution < 1.29 is 9.47 Å². The molecule has 1 N–H and O–H groups in total. The minimum Gasteiger partial charge on any atom is -0.493 e. The lowest BCUT2D eigenvalue weighted by molar-refractivity contribution is 0.254. The predicted octanol–water partition coefficient (Wildman–Crippen LogP) is 5.17. The van der Waals surface area contributed by atoms with Crippen molar-refractivity contribution in [2.24, 2.45) is 5.92 Å². The highest BCUT2D eigenvalue weighted by Crippen LogP contribution is 2.40. The van der Waals surface area contributed by atoms with Gasteiger partial charge in [-0.2, -0.15) is 5.10 Å². The fraction of sp³-hybridized carbons (Fsp3) is 0.545. The molecule has 0 spiro atoms. The number of aromatic nitrogens is 3. The number of rotatable bonds is 6. The van der Waals surface area contributed by atoms with Crippen LogP contribution in [0.2, 0.25) is 0 Å². The molecule has 0 saturated heterocycles. The fourth-order valence-electron chi connectivity index (χ4n) is 4.55. The second-order valence-corrected chi connectivity index (χ2v) is 7.71. The summed E-state index contributed by atoms with van der Waals surface area (Å²) in [4.78, 5) is 5.01. The van der Waals surface area contributed by atoms with Crippen LogP contribution in [0.1, 0.15) is 52.0 Å². The van der Waals surface area contributed by atoms with Gasteiger partial charge in [0, 0.05) is 18.0 Å². The van der Waals surface area contributed by atoms with Gasteiger partial charge in [-0.05, 0) is 38.7 Å². The monoisotopic (exact) mass is 382 g/mol. The van der Waals surface area contributed by atoms with E-state index in [1.807, 2.05) is 18.3 Å². The molecule has 1 aromatic carbocycles. The average molecular weight is 383 g/mol. The molecule has 150 valence electrons. The highest BCUT2D eigenvalue weighted by molar-refractivity contribution is 6.07. The van der Waals surface area contributed by atoms with Crippen molar-refractivity contribution in [1.82, 2.24) is 14.8 Å². The maximum Gasteiger partial charge on any atom is 0.162 e. The molecule has 6 heteroatoms.